The van der Waals surface area contributed by atoms with Crippen molar-refractivity contribution < 1.29 is 18.3 Å². The monoisotopic (exact) mass is 239 g/mol. The van der Waals surface area contributed by atoms with Crippen molar-refractivity contribution in [1.82, 2.24) is 5.32 Å². The van der Waals surface area contributed by atoms with Gasteiger partial charge in [-0.05, 0) is 19.2 Å². The van der Waals surface area contributed by atoms with Crippen molar-refractivity contribution in [1.29, 1.82) is 0 Å². The number of phenolic OH excluding ortho intramolecular Hbond substituents is 1. The molecule has 0 aliphatic carbocycles. The fraction of sp³-hybridized carbons (Fsp3) is 0.333. The van der Waals surface area contributed by atoms with Gasteiger partial charge in [-0.3, -0.25) is 0 Å². The molecule has 15 heavy (non-hydrogen) atoms. The molecule has 0 saturated carbocycles. The molecule has 1 aromatic rings. The van der Waals surface area contributed by atoms with Gasteiger partial charge in [0.2, 0.25) is 0 Å². The van der Waals surface area contributed by atoms with Gasteiger partial charge in [0.05, 0.1) is 5.56 Å². The highest BCUT2D eigenvalue weighted by Crippen LogP contribution is 2.36. The zero-order valence-corrected chi connectivity index (χ0v) is 8.58. The number of aromatic hydroxyl groups is 1. The van der Waals surface area contributed by atoms with Crippen LogP contribution in [-0.4, -0.2) is 12.2 Å². The minimum absolute atomic E-state index is 0.100. The third-order valence-electron chi connectivity index (χ3n) is 1.85. The zero-order chi connectivity index (χ0) is 11.6. The van der Waals surface area contributed by atoms with E-state index in [1.807, 2.05) is 0 Å². The fourth-order valence-electron chi connectivity index (χ4n) is 1.14. The van der Waals surface area contributed by atoms with Gasteiger partial charge >= 0.3 is 6.18 Å². The first-order valence-electron chi connectivity index (χ1n) is 4.09. The van der Waals surface area contributed by atoms with Crippen LogP contribution in [0.4, 0.5) is 13.2 Å². The predicted molar refractivity (Wildman–Crippen MR) is 50.9 cm³/mol. The predicted octanol–water partition coefficient (Wildman–Crippen LogP) is 2.78. The molecule has 6 heteroatoms. The molecule has 2 nitrogen and oxygen atoms in total. The number of alkyl halides is 3. The van der Waals surface area contributed by atoms with Crippen molar-refractivity contribution in [3.63, 3.8) is 0 Å². The van der Waals surface area contributed by atoms with Gasteiger partial charge in [-0.2, -0.15) is 13.2 Å². The van der Waals surface area contributed by atoms with E-state index in [1.165, 1.54) is 0 Å². The van der Waals surface area contributed by atoms with Crippen molar-refractivity contribution in [2.75, 3.05) is 7.05 Å². The third-order valence-corrected chi connectivity index (χ3v) is 2.19. The standard InChI is InChI=1S/C9H9ClF3NO/c1-14-4-6-7(10)2-5(3-8(6)15)9(11,12)13/h2-3,14-15H,4H2,1H3. The van der Waals surface area contributed by atoms with Crippen LogP contribution in [0.25, 0.3) is 0 Å². The van der Waals surface area contributed by atoms with Gasteiger partial charge in [-0.1, -0.05) is 11.6 Å². The van der Waals surface area contributed by atoms with Gasteiger partial charge in [-0.15, -0.1) is 0 Å². The summed E-state index contributed by atoms with van der Waals surface area (Å²) in [6.07, 6.45) is -4.50. The summed E-state index contributed by atoms with van der Waals surface area (Å²) in [6.45, 7) is 0.211. The summed E-state index contributed by atoms with van der Waals surface area (Å²) in [6, 6.07) is 1.46. The molecule has 1 aromatic carbocycles. The Morgan fingerprint density at radius 3 is 2.40 bits per heavy atom. The van der Waals surface area contributed by atoms with E-state index in [4.69, 9.17) is 11.6 Å². The van der Waals surface area contributed by atoms with Gasteiger partial charge in [0.1, 0.15) is 5.75 Å². The molecule has 0 aliphatic heterocycles. The lowest BCUT2D eigenvalue weighted by Gasteiger charge is -2.11. The molecule has 0 unspecified atom stereocenters. The Morgan fingerprint density at radius 2 is 2.00 bits per heavy atom. The van der Waals surface area contributed by atoms with Crippen molar-refractivity contribution in [3.05, 3.63) is 28.3 Å². The molecular formula is C9H9ClF3NO. The van der Waals surface area contributed by atoms with Gasteiger partial charge < -0.3 is 10.4 Å². The van der Waals surface area contributed by atoms with E-state index in [1.54, 1.807) is 7.05 Å². The second-order valence-corrected chi connectivity index (χ2v) is 3.39. The molecule has 0 spiro atoms. The first-order valence-corrected chi connectivity index (χ1v) is 4.47. The molecule has 0 fully saturated rings. The van der Waals surface area contributed by atoms with E-state index in [0.29, 0.717) is 6.07 Å². The number of benzene rings is 1. The molecule has 0 atom stereocenters. The van der Waals surface area contributed by atoms with Crippen LogP contribution in [0.1, 0.15) is 11.1 Å². The Balaban J connectivity index is 3.19. The minimum atomic E-state index is -4.50. The number of rotatable bonds is 2. The molecule has 0 amide bonds. The molecule has 84 valence electrons. The van der Waals surface area contributed by atoms with E-state index >= 15 is 0 Å². The highest BCUT2D eigenvalue weighted by Gasteiger charge is 2.32. The number of phenols is 1. The van der Waals surface area contributed by atoms with Crippen LogP contribution in [0.3, 0.4) is 0 Å². The third kappa shape index (κ3) is 2.76. The fourth-order valence-corrected chi connectivity index (χ4v) is 1.42. The van der Waals surface area contributed by atoms with Crippen LogP contribution in [0.2, 0.25) is 5.02 Å². The summed E-state index contributed by atoms with van der Waals surface area (Å²) < 4.78 is 36.8. The molecule has 0 radical (unpaired) electrons. The van der Waals surface area contributed by atoms with Gasteiger partial charge in [0, 0.05) is 17.1 Å². The van der Waals surface area contributed by atoms with Crippen LogP contribution in [0, 0.1) is 0 Å². The summed E-state index contributed by atoms with van der Waals surface area (Å²) in [7, 11) is 1.60. The van der Waals surface area contributed by atoms with E-state index in [-0.39, 0.29) is 17.1 Å². The molecular weight excluding hydrogens is 231 g/mol. The van der Waals surface area contributed by atoms with E-state index in [9.17, 15) is 18.3 Å². The second kappa shape index (κ2) is 4.28. The lowest BCUT2D eigenvalue weighted by atomic mass is 10.1. The first-order chi connectivity index (χ1) is 6.86. The van der Waals surface area contributed by atoms with E-state index in [2.05, 4.69) is 5.32 Å². The topological polar surface area (TPSA) is 32.3 Å². The number of hydrogen-bond donors (Lipinski definition) is 2. The van der Waals surface area contributed by atoms with Crippen molar-refractivity contribution in [2.45, 2.75) is 12.7 Å². The SMILES string of the molecule is CNCc1c(O)cc(C(F)(F)F)cc1Cl. The summed E-state index contributed by atoms with van der Waals surface area (Å²) in [5.41, 5.74) is -0.697. The Hall–Kier alpha value is -0.940. The Kier molecular flexibility index (Phi) is 3.46. The Morgan fingerprint density at radius 1 is 1.40 bits per heavy atom. The average molecular weight is 240 g/mol. The first kappa shape index (κ1) is 12.1. The summed E-state index contributed by atoms with van der Waals surface area (Å²) in [5, 5.41) is 11.9. The molecule has 0 saturated heterocycles. The maximum absolute atomic E-state index is 12.3. The summed E-state index contributed by atoms with van der Waals surface area (Å²) >= 11 is 5.62. The number of halogens is 4. The van der Waals surface area contributed by atoms with Gasteiger partial charge in [-0.25, -0.2) is 0 Å². The van der Waals surface area contributed by atoms with Crippen LogP contribution >= 0.6 is 11.6 Å². The zero-order valence-electron chi connectivity index (χ0n) is 7.82. The average Bonchev–Trinajstić information content (AvgIpc) is 2.09. The van der Waals surface area contributed by atoms with Crippen LogP contribution in [0.5, 0.6) is 5.75 Å². The van der Waals surface area contributed by atoms with E-state index in [0.717, 1.165) is 6.07 Å². The summed E-state index contributed by atoms with van der Waals surface area (Å²) in [5.74, 6) is -0.454. The van der Waals surface area contributed by atoms with Crippen molar-refractivity contribution >= 4 is 11.6 Å². The van der Waals surface area contributed by atoms with Gasteiger partial charge in [0.25, 0.3) is 0 Å². The van der Waals surface area contributed by atoms with Gasteiger partial charge in [0.15, 0.2) is 0 Å². The highest BCUT2D eigenvalue weighted by molar-refractivity contribution is 6.31. The normalized spacial score (nSPS) is 11.8. The molecule has 0 heterocycles. The maximum Gasteiger partial charge on any atom is 0.416 e. The quantitative estimate of drug-likeness (QED) is 0.832. The van der Waals surface area contributed by atoms with Crippen molar-refractivity contribution in [2.24, 2.45) is 0 Å². The van der Waals surface area contributed by atoms with Crippen LogP contribution < -0.4 is 5.32 Å². The molecule has 0 bridgehead atoms. The van der Waals surface area contributed by atoms with Crippen LogP contribution in [-0.2, 0) is 12.7 Å². The van der Waals surface area contributed by atoms with Crippen molar-refractivity contribution in [3.8, 4) is 5.75 Å². The largest absolute Gasteiger partial charge is 0.508 e. The van der Waals surface area contributed by atoms with Crippen LogP contribution in [0.15, 0.2) is 12.1 Å². The molecule has 0 aromatic heterocycles. The lowest BCUT2D eigenvalue weighted by molar-refractivity contribution is -0.137. The highest BCUT2D eigenvalue weighted by atomic mass is 35.5. The molecule has 0 aliphatic rings. The van der Waals surface area contributed by atoms with E-state index < -0.39 is 17.5 Å². The Bertz CT molecular complexity index is 342. The second-order valence-electron chi connectivity index (χ2n) is 2.98. The minimum Gasteiger partial charge on any atom is -0.508 e. The number of nitrogens with one attached hydrogen (secondary N) is 1. The number of hydrogen-bond acceptors (Lipinski definition) is 2. The maximum atomic E-state index is 12.3. The smallest absolute Gasteiger partial charge is 0.416 e. The lowest BCUT2D eigenvalue weighted by Crippen LogP contribution is -2.09. The summed E-state index contributed by atoms with van der Waals surface area (Å²) in [4.78, 5) is 0. The molecule has 1 rings (SSSR count). The molecule has 2 N–H and O–H groups in total. The Labute approximate surface area is 89.7 Å².